The molecule has 2 aromatic carbocycles. The van der Waals surface area contributed by atoms with Crippen LogP contribution in [0.1, 0.15) is 34.2 Å². The third-order valence-corrected chi connectivity index (χ3v) is 6.53. The lowest BCUT2D eigenvalue weighted by Gasteiger charge is -2.20. The number of aromatic nitrogens is 2. The van der Waals surface area contributed by atoms with Crippen LogP contribution in [0.5, 0.6) is 11.5 Å². The first kappa shape index (κ1) is 24.8. The van der Waals surface area contributed by atoms with Gasteiger partial charge >= 0.3 is 0 Å². The molecule has 2 N–H and O–H groups in total. The zero-order chi connectivity index (χ0) is 24.7. The third-order valence-electron chi connectivity index (χ3n) is 5.05. The highest BCUT2D eigenvalue weighted by atomic mass is 32.2. The Morgan fingerprint density at radius 1 is 1.15 bits per heavy atom. The molecule has 0 unspecified atom stereocenters. The number of sulfonamides is 1. The molecule has 11 heteroatoms. The van der Waals surface area contributed by atoms with Crippen molar-refractivity contribution in [1.82, 2.24) is 19.6 Å². The van der Waals surface area contributed by atoms with Crippen molar-refractivity contribution in [3.05, 3.63) is 71.8 Å². The Hall–Kier alpha value is -3.88. The molecule has 178 valence electrons. The Morgan fingerprint density at radius 2 is 1.79 bits per heavy atom. The molecule has 34 heavy (non-hydrogen) atoms. The van der Waals surface area contributed by atoms with Crippen LogP contribution in [0.4, 0.5) is 0 Å². The summed E-state index contributed by atoms with van der Waals surface area (Å²) in [7, 11) is 1.12. The first-order chi connectivity index (χ1) is 16.3. The van der Waals surface area contributed by atoms with Crippen LogP contribution >= 0.6 is 0 Å². The van der Waals surface area contributed by atoms with E-state index in [4.69, 9.17) is 14.7 Å². The predicted molar refractivity (Wildman–Crippen MR) is 124 cm³/mol. The largest absolute Gasteiger partial charge is 0.497 e. The van der Waals surface area contributed by atoms with Crippen molar-refractivity contribution in [3.63, 3.8) is 0 Å². The van der Waals surface area contributed by atoms with Crippen LogP contribution in [0, 0.1) is 11.3 Å². The van der Waals surface area contributed by atoms with Gasteiger partial charge in [0.25, 0.3) is 5.91 Å². The molecule has 10 nitrogen and oxygen atoms in total. The molecule has 1 heterocycles. The number of carbonyl (C=O) groups excluding carboxylic acids is 1. The Balaban J connectivity index is 1.89. The van der Waals surface area contributed by atoms with Crippen LogP contribution in [0.3, 0.4) is 0 Å². The van der Waals surface area contributed by atoms with Gasteiger partial charge in [0.1, 0.15) is 23.4 Å². The number of rotatable bonds is 10. The number of nitrogens with zero attached hydrogens (tertiary/aromatic N) is 3. The van der Waals surface area contributed by atoms with Gasteiger partial charge in [-0.2, -0.15) is 5.26 Å². The van der Waals surface area contributed by atoms with Crippen molar-refractivity contribution in [2.24, 2.45) is 7.05 Å². The monoisotopic (exact) mass is 483 g/mol. The highest BCUT2D eigenvalue weighted by molar-refractivity contribution is 7.89. The molecule has 0 spiro atoms. The zero-order valence-electron chi connectivity index (χ0n) is 19.0. The molecule has 0 saturated carbocycles. The Labute approximate surface area is 198 Å². The molecule has 1 amide bonds. The summed E-state index contributed by atoms with van der Waals surface area (Å²) in [6.45, 7) is 0.0103. The fourth-order valence-corrected chi connectivity index (χ4v) is 4.30. The van der Waals surface area contributed by atoms with Crippen LogP contribution in [0.15, 0.2) is 59.8 Å². The van der Waals surface area contributed by atoms with Gasteiger partial charge < -0.3 is 19.4 Å². The Kier molecular flexibility index (Phi) is 7.88. The first-order valence-electron chi connectivity index (χ1n) is 10.3. The number of hydrogen-bond acceptors (Lipinski definition) is 7. The average Bonchev–Trinajstić information content (AvgIpc) is 3.27. The molecule has 1 aromatic heterocycles. The molecule has 0 aliphatic rings. The number of hydrogen-bond donors (Lipinski definition) is 2. The number of methoxy groups -OCH3 is 2. The quantitative estimate of drug-likeness (QED) is 0.422. The highest BCUT2D eigenvalue weighted by Gasteiger charge is 2.23. The molecule has 0 aliphatic carbocycles. The number of amides is 1. The van der Waals surface area contributed by atoms with Gasteiger partial charge in [-0.15, -0.1) is 0 Å². The summed E-state index contributed by atoms with van der Waals surface area (Å²) in [5, 5.41) is 11.5. The Bertz CT molecular complexity index is 1270. The van der Waals surface area contributed by atoms with E-state index in [-0.39, 0.29) is 23.4 Å². The van der Waals surface area contributed by atoms with Gasteiger partial charge in [0.15, 0.2) is 0 Å². The van der Waals surface area contributed by atoms with Crippen molar-refractivity contribution < 1.29 is 22.7 Å². The summed E-state index contributed by atoms with van der Waals surface area (Å²) in [6.07, 6.45) is 3.46. The van der Waals surface area contributed by atoms with Crippen molar-refractivity contribution in [2.45, 2.75) is 17.4 Å². The van der Waals surface area contributed by atoms with Crippen molar-refractivity contribution in [1.29, 1.82) is 5.26 Å². The average molecular weight is 484 g/mol. The SMILES string of the molecule is COc1cc(OC)cc([C@@H](NC(=O)c2ccc(S(=O)(=O)NCCC#N)cc2)c2nccn2C)c1. The van der Waals surface area contributed by atoms with Crippen molar-refractivity contribution in [2.75, 3.05) is 20.8 Å². The van der Waals surface area contributed by atoms with Gasteiger partial charge in [-0.1, -0.05) is 0 Å². The van der Waals surface area contributed by atoms with E-state index in [1.165, 1.54) is 38.5 Å². The fourth-order valence-electron chi connectivity index (χ4n) is 3.27. The van der Waals surface area contributed by atoms with E-state index >= 15 is 0 Å². The molecule has 0 aliphatic heterocycles. The number of aryl methyl sites for hydroxylation is 1. The highest BCUT2D eigenvalue weighted by Crippen LogP contribution is 2.29. The molecule has 0 bridgehead atoms. The van der Waals surface area contributed by atoms with Gasteiger partial charge in [-0.05, 0) is 42.0 Å². The molecule has 3 rings (SSSR count). The van der Waals surface area contributed by atoms with Gasteiger partial charge in [0, 0.05) is 44.0 Å². The molecule has 3 aromatic rings. The Morgan fingerprint density at radius 3 is 2.32 bits per heavy atom. The lowest BCUT2D eigenvalue weighted by atomic mass is 10.0. The summed E-state index contributed by atoms with van der Waals surface area (Å²) in [5.74, 6) is 1.28. The van der Waals surface area contributed by atoms with E-state index in [2.05, 4.69) is 15.0 Å². The van der Waals surface area contributed by atoms with Crippen LogP contribution in [-0.4, -0.2) is 44.6 Å². The van der Waals surface area contributed by atoms with Gasteiger partial charge in [-0.3, -0.25) is 4.79 Å². The maximum atomic E-state index is 13.1. The van der Waals surface area contributed by atoms with Crippen molar-refractivity contribution >= 4 is 15.9 Å². The number of carbonyl (C=O) groups is 1. The van der Waals surface area contributed by atoms with Crippen LogP contribution < -0.4 is 19.5 Å². The second-order valence-corrected chi connectivity index (χ2v) is 9.05. The number of nitrogens with one attached hydrogen (secondary N) is 2. The molecule has 0 fully saturated rings. The molecule has 0 radical (unpaired) electrons. The maximum Gasteiger partial charge on any atom is 0.252 e. The van der Waals surface area contributed by atoms with Crippen LogP contribution in [0.25, 0.3) is 0 Å². The number of imidazole rings is 1. The minimum atomic E-state index is -3.77. The molecular weight excluding hydrogens is 458 g/mol. The van der Waals surface area contributed by atoms with E-state index in [9.17, 15) is 13.2 Å². The normalized spacial score (nSPS) is 11.9. The van der Waals surface area contributed by atoms with Crippen LogP contribution in [-0.2, 0) is 17.1 Å². The summed E-state index contributed by atoms with van der Waals surface area (Å²) in [6, 6.07) is 12.1. The summed E-state index contributed by atoms with van der Waals surface area (Å²) in [4.78, 5) is 17.5. The van der Waals surface area contributed by atoms with Gasteiger partial charge in [-0.25, -0.2) is 18.1 Å². The summed E-state index contributed by atoms with van der Waals surface area (Å²) in [5.41, 5.74) is 0.963. The van der Waals surface area contributed by atoms with E-state index in [0.29, 0.717) is 22.9 Å². The minimum absolute atomic E-state index is 0.000160. The molecule has 0 saturated heterocycles. The van der Waals surface area contributed by atoms with E-state index < -0.39 is 22.0 Å². The van der Waals surface area contributed by atoms with Gasteiger partial charge in [0.2, 0.25) is 10.0 Å². The van der Waals surface area contributed by atoms with Gasteiger partial charge in [0.05, 0.1) is 25.2 Å². The van der Waals surface area contributed by atoms with E-state index in [1.807, 2.05) is 13.1 Å². The van der Waals surface area contributed by atoms with E-state index in [0.717, 1.165) is 0 Å². The number of ether oxygens (including phenoxy) is 2. The lowest BCUT2D eigenvalue weighted by molar-refractivity contribution is 0.0941. The second-order valence-electron chi connectivity index (χ2n) is 7.28. The number of nitriles is 1. The predicted octanol–water partition coefficient (Wildman–Crippen LogP) is 2.15. The second kappa shape index (κ2) is 10.8. The first-order valence-corrected chi connectivity index (χ1v) is 11.7. The van der Waals surface area contributed by atoms with E-state index in [1.54, 1.807) is 35.2 Å². The minimum Gasteiger partial charge on any atom is -0.497 e. The van der Waals surface area contributed by atoms with Crippen LogP contribution in [0.2, 0.25) is 0 Å². The summed E-state index contributed by atoms with van der Waals surface area (Å²) >= 11 is 0. The molecule has 1 atom stereocenters. The fraction of sp³-hybridized carbons (Fsp3) is 0.261. The number of benzene rings is 2. The summed E-state index contributed by atoms with van der Waals surface area (Å²) < 4.78 is 39.5. The smallest absolute Gasteiger partial charge is 0.252 e. The lowest BCUT2D eigenvalue weighted by Crippen LogP contribution is -2.31. The standard InChI is InChI=1S/C23H25N5O5S/c1-28-12-11-25-22(28)21(17-13-18(32-2)15-19(14-17)33-3)27-23(29)16-5-7-20(8-6-16)34(30,31)26-10-4-9-24/h5-8,11-15,21,26H,4,10H2,1-3H3,(H,27,29)/t21-/m1/s1. The maximum absolute atomic E-state index is 13.1. The zero-order valence-corrected chi connectivity index (χ0v) is 19.8. The topological polar surface area (TPSA) is 135 Å². The third kappa shape index (κ3) is 5.72. The van der Waals surface area contributed by atoms with Crippen molar-refractivity contribution in [3.8, 4) is 17.6 Å². The molecular formula is C23H25N5O5S.